The molecule has 1 aliphatic carbocycles. The zero-order valence-electron chi connectivity index (χ0n) is 8.05. The van der Waals surface area contributed by atoms with Crippen molar-refractivity contribution in [2.75, 3.05) is 0 Å². The molecule has 0 saturated carbocycles. The van der Waals surface area contributed by atoms with Gasteiger partial charge < -0.3 is 5.11 Å². The highest BCUT2D eigenvalue weighted by atomic mass is 16.4. The lowest BCUT2D eigenvalue weighted by molar-refractivity contribution is 0.0684. The number of hydrogen-bond acceptors (Lipinski definition) is 3. The minimum Gasteiger partial charge on any atom is -0.475 e. The second-order valence-electron chi connectivity index (χ2n) is 3.42. The first-order valence-corrected chi connectivity index (χ1v) is 4.73. The molecule has 0 spiro atoms. The van der Waals surface area contributed by atoms with Gasteiger partial charge in [-0.15, -0.1) is 5.10 Å². The molecule has 1 aromatic rings. The Hall–Kier alpha value is -1.91. The largest absolute Gasteiger partial charge is 0.475 e. The molecule has 2 rings (SSSR count). The van der Waals surface area contributed by atoms with E-state index in [0.29, 0.717) is 18.2 Å². The highest BCUT2D eigenvalue weighted by Gasteiger charge is 2.13. The molecule has 0 aromatic carbocycles. The summed E-state index contributed by atoms with van der Waals surface area (Å²) in [5, 5.41) is 14.9. The van der Waals surface area contributed by atoms with Crippen molar-refractivity contribution < 1.29 is 9.90 Å². The zero-order valence-corrected chi connectivity index (χ0v) is 8.05. The first-order valence-electron chi connectivity index (χ1n) is 4.73. The maximum absolute atomic E-state index is 10.5. The van der Waals surface area contributed by atoms with Crippen LogP contribution >= 0.6 is 0 Å². The molecule has 78 valence electrons. The van der Waals surface area contributed by atoms with E-state index in [0.717, 1.165) is 6.42 Å². The van der Waals surface area contributed by atoms with Crippen molar-refractivity contribution in [2.45, 2.75) is 12.8 Å². The van der Waals surface area contributed by atoms with Gasteiger partial charge in [0.2, 0.25) is 0 Å². The summed E-state index contributed by atoms with van der Waals surface area (Å²) in [5.41, 5.74) is 0. The van der Waals surface area contributed by atoms with Crippen molar-refractivity contribution in [2.24, 2.45) is 5.92 Å². The normalized spacial score (nSPS) is 19.3. The van der Waals surface area contributed by atoms with E-state index in [2.05, 4.69) is 27.3 Å². The Kier molecular flexibility index (Phi) is 2.62. The first kappa shape index (κ1) is 9.64. The summed E-state index contributed by atoms with van der Waals surface area (Å²) in [7, 11) is 0. The minimum atomic E-state index is -1.10. The van der Waals surface area contributed by atoms with Gasteiger partial charge in [-0.1, -0.05) is 24.3 Å². The van der Waals surface area contributed by atoms with Crippen LogP contribution in [0, 0.1) is 5.92 Å². The van der Waals surface area contributed by atoms with Gasteiger partial charge in [-0.2, -0.15) is 0 Å². The van der Waals surface area contributed by atoms with Crippen LogP contribution < -0.4 is 0 Å². The fraction of sp³-hybridized carbons (Fsp3) is 0.300. The third kappa shape index (κ3) is 2.31. The number of aromatic nitrogens is 3. The number of carboxylic acids is 1. The highest BCUT2D eigenvalue weighted by molar-refractivity contribution is 5.82. The van der Waals surface area contributed by atoms with Gasteiger partial charge in [0.05, 0.1) is 0 Å². The van der Waals surface area contributed by atoms with Gasteiger partial charge in [0, 0.05) is 6.42 Å². The summed E-state index contributed by atoms with van der Waals surface area (Å²) in [6.45, 7) is 0. The minimum absolute atomic E-state index is 0.166. The number of nitrogens with one attached hydrogen (secondary N) is 1. The van der Waals surface area contributed by atoms with E-state index < -0.39 is 5.97 Å². The monoisotopic (exact) mass is 205 g/mol. The van der Waals surface area contributed by atoms with Crippen LogP contribution in [0.4, 0.5) is 0 Å². The molecular formula is C10H11N3O2. The smallest absolute Gasteiger partial charge is 0.375 e. The molecule has 0 amide bonds. The second kappa shape index (κ2) is 4.08. The Labute approximate surface area is 86.5 Å². The Balaban J connectivity index is 2.01. The molecule has 1 heterocycles. The van der Waals surface area contributed by atoms with Crippen LogP contribution in [0.3, 0.4) is 0 Å². The van der Waals surface area contributed by atoms with Gasteiger partial charge >= 0.3 is 5.97 Å². The zero-order chi connectivity index (χ0) is 10.7. The summed E-state index contributed by atoms with van der Waals surface area (Å²) in [4.78, 5) is 14.4. The van der Waals surface area contributed by atoms with Crippen LogP contribution in [-0.2, 0) is 6.42 Å². The number of H-pyrrole nitrogens is 1. The molecule has 1 aliphatic rings. The molecule has 1 unspecified atom stereocenters. The average Bonchev–Trinajstić information content (AvgIpc) is 2.68. The van der Waals surface area contributed by atoms with Crippen molar-refractivity contribution >= 4 is 5.97 Å². The lowest BCUT2D eigenvalue weighted by atomic mass is 9.97. The molecule has 5 heteroatoms. The molecule has 0 fully saturated rings. The number of aromatic amines is 1. The topological polar surface area (TPSA) is 78.9 Å². The Morgan fingerprint density at radius 2 is 2.47 bits per heavy atom. The Bertz CT molecular complexity index is 420. The van der Waals surface area contributed by atoms with Gasteiger partial charge in [-0.05, 0) is 12.3 Å². The van der Waals surface area contributed by atoms with E-state index in [1.807, 2.05) is 12.2 Å². The summed E-state index contributed by atoms with van der Waals surface area (Å²) < 4.78 is 0. The molecule has 0 aliphatic heterocycles. The van der Waals surface area contributed by atoms with E-state index in [1.54, 1.807) is 0 Å². The van der Waals surface area contributed by atoms with Crippen molar-refractivity contribution in [3.05, 3.63) is 36.0 Å². The SMILES string of the molecule is O=C(O)c1n[nH]c(CC2C=CC=CC2)n1. The molecule has 2 N–H and O–H groups in total. The van der Waals surface area contributed by atoms with Gasteiger partial charge in [-0.3, -0.25) is 5.10 Å². The molecule has 0 saturated heterocycles. The molecule has 5 nitrogen and oxygen atoms in total. The maximum Gasteiger partial charge on any atom is 0.375 e. The molecule has 0 radical (unpaired) electrons. The summed E-state index contributed by atoms with van der Waals surface area (Å²) in [5.74, 6) is -0.265. The average molecular weight is 205 g/mol. The molecule has 1 atom stereocenters. The Morgan fingerprint density at radius 1 is 1.60 bits per heavy atom. The third-order valence-corrected chi connectivity index (χ3v) is 2.25. The van der Waals surface area contributed by atoms with Crippen LogP contribution in [0.5, 0.6) is 0 Å². The predicted octanol–water partition coefficient (Wildman–Crippen LogP) is 1.18. The molecule has 1 aromatic heterocycles. The lowest BCUT2D eigenvalue weighted by Gasteiger charge is -2.09. The van der Waals surface area contributed by atoms with E-state index >= 15 is 0 Å². The number of carbonyl (C=O) groups is 1. The summed E-state index contributed by atoms with van der Waals surface area (Å²) in [6, 6.07) is 0. The number of aromatic carboxylic acids is 1. The number of allylic oxidation sites excluding steroid dienone is 4. The van der Waals surface area contributed by atoms with Crippen LogP contribution in [0.25, 0.3) is 0 Å². The fourth-order valence-corrected chi connectivity index (χ4v) is 1.51. The number of hydrogen-bond donors (Lipinski definition) is 2. The van der Waals surface area contributed by atoms with Crippen LogP contribution in [0.1, 0.15) is 22.9 Å². The standard InChI is InChI=1S/C10H11N3O2/c14-10(15)9-11-8(12-13-9)6-7-4-2-1-3-5-7/h1-4,7H,5-6H2,(H,14,15)(H,11,12,13). The summed E-state index contributed by atoms with van der Waals surface area (Å²) >= 11 is 0. The van der Waals surface area contributed by atoms with Crippen molar-refractivity contribution in [1.29, 1.82) is 0 Å². The number of nitrogens with zero attached hydrogens (tertiary/aromatic N) is 2. The predicted molar refractivity (Wildman–Crippen MR) is 53.4 cm³/mol. The molecular weight excluding hydrogens is 194 g/mol. The van der Waals surface area contributed by atoms with E-state index in [-0.39, 0.29) is 5.82 Å². The lowest BCUT2D eigenvalue weighted by Crippen LogP contribution is -2.04. The summed E-state index contributed by atoms with van der Waals surface area (Å²) in [6.07, 6.45) is 9.81. The van der Waals surface area contributed by atoms with Crippen LogP contribution in [0.2, 0.25) is 0 Å². The Morgan fingerprint density at radius 3 is 3.07 bits per heavy atom. The molecule has 15 heavy (non-hydrogen) atoms. The fourth-order valence-electron chi connectivity index (χ4n) is 1.51. The number of carboxylic acid groups (broad SMARTS) is 1. The van der Waals surface area contributed by atoms with Gasteiger partial charge in [0.15, 0.2) is 0 Å². The van der Waals surface area contributed by atoms with E-state index in [1.165, 1.54) is 0 Å². The number of rotatable bonds is 3. The van der Waals surface area contributed by atoms with Crippen LogP contribution in [-0.4, -0.2) is 26.3 Å². The third-order valence-electron chi connectivity index (χ3n) is 2.25. The first-order chi connectivity index (χ1) is 7.25. The van der Waals surface area contributed by atoms with Gasteiger partial charge in [-0.25, -0.2) is 9.78 Å². The molecule has 0 bridgehead atoms. The van der Waals surface area contributed by atoms with Gasteiger partial charge in [0.1, 0.15) is 5.82 Å². The van der Waals surface area contributed by atoms with Crippen molar-refractivity contribution in [1.82, 2.24) is 15.2 Å². The van der Waals surface area contributed by atoms with E-state index in [9.17, 15) is 4.79 Å². The highest BCUT2D eigenvalue weighted by Crippen LogP contribution is 2.15. The second-order valence-corrected chi connectivity index (χ2v) is 3.42. The van der Waals surface area contributed by atoms with Crippen molar-refractivity contribution in [3.63, 3.8) is 0 Å². The maximum atomic E-state index is 10.5. The quantitative estimate of drug-likeness (QED) is 0.776. The van der Waals surface area contributed by atoms with Crippen LogP contribution in [0.15, 0.2) is 24.3 Å². The van der Waals surface area contributed by atoms with Gasteiger partial charge in [0.25, 0.3) is 5.82 Å². The van der Waals surface area contributed by atoms with Crippen molar-refractivity contribution in [3.8, 4) is 0 Å². The van der Waals surface area contributed by atoms with E-state index in [4.69, 9.17) is 5.11 Å².